The number of nitrogens with one attached hydrogen (secondary N) is 1. The summed E-state index contributed by atoms with van der Waals surface area (Å²) < 4.78 is 0. The Hall–Kier alpha value is -0.990. The molecule has 0 spiro atoms. The highest BCUT2D eigenvalue weighted by Crippen LogP contribution is 1.79. The van der Waals surface area contributed by atoms with Gasteiger partial charge in [-0.05, 0) is 13.3 Å². The summed E-state index contributed by atoms with van der Waals surface area (Å²) in [7, 11) is 0. The van der Waals surface area contributed by atoms with Gasteiger partial charge in [0.05, 0.1) is 0 Å². The molecule has 10 heavy (non-hydrogen) atoms. The van der Waals surface area contributed by atoms with Gasteiger partial charge in [-0.1, -0.05) is 6.92 Å². The molecule has 0 fully saturated rings. The van der Waals surface area contributed by atoms with Gasteiger partial charge in [-0.25, -0.2) is 0 Å². The molecule has 0 aliphatic carbocycles. The van der Waals surface area contributed by atoms with Crippen molar-refractivity contribution in [3.8, 4) is 0 Å². The number of hydrogen-bond donors (Lipinski definition) is 2. The lowest BCUT2D eigenvalue weighted by atomic mass is 10.4. The molecule has 0 heterocycles. The Morgan fingerprint density at radius 2 is 2.30 bits per heavy atom. The minimum atomic E-state index is -0.109. The average molecular weight is 142 g/mol. The van der Waals surface area contributed by atoms with Crippen molar-refractivity contribution in [3.63, 3.8) is 0 Å². The smallest absolute Gasteiger partial charge is 0.245 e. The predicted molar refractivity (Wildman–Crippen MR) is 41.2 cm³/mol. The Bertz CT molecular complexity index is 137. The summed E-state index contributed by atoms with van der Waals surface area (Å²) >= 11 is 0. The van der Waals surface area contributed by atoms with Crippen molar-refractivity contribution < 1.29 is 4.79 Å². The maximum absolute atomic E-state index is 10.7. The second kappa shape index (κ2) is 4.85. The van der Waals surface area contributed by atoms with Gasteiger partial charge in [0.15, 0.2) is 0 Å². The van der Waals surface area contributed by atoms with E-state index in [-0.39, 0.29) is 5.91 Å². The Labute approximate surface area is 61.3 Å². The third kappa shape index (κ3) is 5.15. The van der Waals surface area contributed by atoms with Gasteiger partial charge in [-0.2, -0.15) is 0 Å². The molecular weight excluding hydrogens is 128 g/mol. The van der Waals surface area contributed by atoms with Crippen LogP contribution in [0, 0.1) is 0 Å². The number of amides is 1. The highest BCUT2D eigenvalue weighted by atomic mass is 16.1. The number of nitrogens with two attached hydrogens (primary N) is 1. The van der Waals surface area contributed by atoms with Crippen LogP contribution in [-0.2, 0) is 4.79 Å². The van der Waals surface area contributed by atoms with Gasteiger partial charge in [0, 0.05) is 18.3 Å². The van der Waals surface area contributed by atoms with Gasteiger partial charge in [0.25, 0.3) is 0 Å². The van der Waals surface area contributed by atoms with E-state index in [0.717, 1.165) is 6.42 Å². The van der Waals surface area contributed by atoms with Crippen LogP contribution in [0.15, 0.2) is 11.8 Å². The summed E-state index contributed by atoms with van der Waals surface area (Å²) in [5, 5.41) is 2.67. The van der Waals surface area contributed by atoms with E-state index >= 15 is 0 Å². The van der Waals surface area contributed by atoms with E-state index in [9.17, 15) is 4.79 Å². The molecule has 0 atom stereocenters. The van der Waals surface area contributed by atoms with Gasteiger partial charge in [-0.15, -0.1) is 0 Å². The molecular formula is C7H14N2O. The highest BCUT2D eigenvalue weighted by Gasteiger charge is 1.91. The van der Waals surface area contributed by atoms with Crippen molar-refractivity contribution in [1.82, 2.24) is 5.32 Å². The lowest BCUT2D eigenvalue weighted by Gasteiger charge is -1.97. The van der Waals surface area contributed by atoms with E-state index in [4.69, 9.17) is 5.73 Å². The molecule has 0 aromatic rings. The molecule has 0 bridgehead atoms. The van der Waals surface area contributed by atoms with Crippen LogP contribution >= 0.6 is 0 Å². The van der Waals surface area contributed by atoms with Crippen molar-refractivity contribution in [1.29, 1.82) is 0 Å². The molecule has 3 N–H and O–H groups in total. The molecule has 1 amide bonds. The first-order valence-corrected chi connectivity index (χ1v) is 3.38. The lowest BCUT2D eigenvalue weighted by Crippen LogP contribution is -2.22. The monoisotopic (exact) mass is 142 g/mol. The number of allylic oxidation sites excluding steroid dienone is 1. The molecule has 0 radical (unpaired) electrons. The van der Waals surface area contributed by atoms with Crippen LogP contribution in [0.4, 0.5) is 0 Å². The predicted octanol–water partition coefficient (Wildman–Crippen LogP) is 0.375. The normalized spacial score (nSPS) is 11.2. The van der Waals surface area contributed by atoms with E-state index in [1.54, 1.807) is 6.92 Å². The maximum atomic E-state index is 10.7. The summed E-state index contributed by atoms with van der Waals surface area (Å²) in [6.07, 6.45) is 2.33. The zero-order chi connectivity index (χ0) is 7.98. The highest BCUT2D eigenvalue weighted by molar-refractivity contribution is 5.87. The van der Waals surface area contributed by atoms with Crippen LogP contribution in [0.2, 0.25) is 0 Å². The summed E-state index contributed by atoms with van der Waals surface area (Å²) in [6, 6.07) is 0. The first kappa shape index (κ1) is 9.01. The van der Waals surface area contributed by atoms with Gasteiger partial charge >= 0.3 is 0 Å². The van der Waals surface area contributed by atoms with E-state index in [1.165, 1.54) is 6.08 Å². The molecule has 3 nitrogen and oxygen atoms in total. The minimum Gasteiger partial charge on any atom is -0.402 e. The van der Waals surface area contributed by atoms with Crippen molar-refractivity contribution in [3.05, 3.63) is 11.8 Å². The zero-order valence-electron chi connectivity index (χ0n) is 6.48. The Morgan fingerprint density at radius 3 is 2.70 bits per heavy atom. The number of carbonyl (C=O) groups excluding carboxylic acids is 1. The Morgan fingerprint density at radius 1 is 1.70 bits per heavy atom. The van der Waals surface area contributed by atoms with Crippen LogP contribution < -0.4 is 11.1 Å². The van der Waals surface area contributed by atoms with Crippen molar-refractivity contribution in [2.45, 2.75) is 20.3 Å². The number of carbonyl (C=O) groups is 1. The third-order valence-corrected chi connectivity index (χ3v) is 0.908. The Kier molecular flexibility index (Phi) is 4.37. The van der Waals surface area contributed by atoms with Gasteiger partial charge in [0.2, 0.25) is 5.91 Å². The quantitative estimate of drug-likeness (QED) is 0.559. The van der Waals surface area contributed by atoms with Crippen molar-refractivity contribution in [2.24, 2.45) is 5.73 Å². The molecule has 3 heteroatoms. The van der Waals surface area contributed by atoms with E-state index in [0.29, 0.717) is 12.2 Å². The van der Waals surface area contributed by atoms with E-state index in [1.807, 2.05) is 6.92 Å². The van der Waals surface area contributed by atoms with Crippen LogP contribution in [0.1, 0.15) is 20.3 Å². The average Bonchev–Trinajstić information content (AvgIpc) is 1.82. The van der Waals surface area contributed by atoms with Gasteiger partial charge in [0.1, 0.15) is 0 Å². The first-order chi connectivity index (χ1) is 4.66. The molecule has 0 saturated heterocycles. The largest absolute Gasteiger partial charge is 0.402 e. The fraction of sp³-hybridized carbons (Fsp3) is 0.571. The van der Waals surface area contributed by atoms with Crippen LogP contribution in [0.25, 0.3) is 0 Å². The van der Waals surface area contributed by atoms with Crippen LogP contribution in [0.5, 0.6) is 0 Å². The van der Waals surface area contributed by atoms with Crippen molar-refractivity contribution >= 4 is 5.91 Å². The topological polar surface area (TPSA) is 55.1 Å². The fourth-order valence-corrected chi connectivity index (χ4v) is 0.506. The fourth-order valence-electron chi connectivity index (χ4n) is 0.506. The van der Waals surface area contributed by atoms with Gasteiger partial charge < -0.3 is 11.1 Å². The summed E-state index contributed by atoms with van der Waals surface area (Å²) in [6.45, 7) is 4.40. The minimum absolute atomic E-state index is 0.109. The standard InChI is InChI=1S/C7H14N2O/c1-3-4-9-7(10)5-6(2)8/h5H,3-4,8H2,1-2H3,(H,9,10). The zero-order valence-corrected chi connectivity index (χ0v) is 6.48. The molecule has 0 aromatic carbocycles. The van der Waals surface area contributed by atoms with E-state index in [2.05, 4.69) is 5.32 Å². The maximum Gasteiger partial charge on any atom is 0.245 e. The number of rotatable bonds is 3. The van der Waals surface area contributed by atoms with Crippen LogP contribution in [0.3, 0.4) is 0 Å². The lowest BCUT2D eigenvalue weighted by molar-refractivity contribution is -0.116. The first-order valence-electron chi connectivity index (χ1n) is 3.38. The molecule has 58 valence electrons. The third-order valence-electron chi connectivity index (χ3n) is 0.908. The molecule has 0 aliphatic rings. The summed E-state index contributed by atoms with van der Waals surface area (Å²) in [5.41, 5.74) is 5.80. The summed E-state index contributed by atoms with van der Waals surface area (Å²) in [4.78, 5) is 10.7. The second-order valence-corrected chi connectivity index (χ2v) is 2.18. The number of hydrogen-bond acceptors (Lipinski definition) is 2. The van der Waals surface area contributed by atoms with Crippen LogP contribution in [-0.4, -0.2) is 12.5 Å². The molecule has 0 unspecified atom stereocenters. The Balaban J connectivity index is 3.54. The molecule has 0 aromatic heterocycles. The van der Waals surface area contributed by atoms with Crippen molar-refractivity contribution in [2.75, 3.05) is 6.54 Å². The summed E-state index contributed by atoms with van der Waals surface area (Å²) in [5.74, 6) is -0.109. The second-order valence-electron chi connectivity index (χ2n) is 2.18. The SMILES string of the molecule is CCCNC(=O)C=C(C)N. The van der Waals surface area contributed by atoms with E-state index < -0.39 is 0 Å². The molecule has 0 saturated carbocycles. The molecule has 0 rings (SSSR count). The van der Waals surface area contributed by atoms with Gasteiger partial charge in [-0.3, -0.25) is 4.79 Å². The molecule has 0 aliphatic heterocycles.